The number of carboxylic acids is 1. The molecule has 2 aliphatic heterocycles. The molecule has 5 rings (SSSR count). The predicted molar refractivity (Wildman–Crippen MR) is 130 cm³/mol. The van der Waals surface area contributed by atoms with E-state index < -0.39 is 46.3 Å². The van der Waals surface area contributed by atoms with E-state index in [0.29, 0.717) is 27.8 Å². The van der Waals surface area contributed by atoms with Crippen LogP contribution in [0.25, 0.3) is 0 Å². The van der Waals surface area contributed by atoms with E-state index in [1.54, 1.807) is 18.2 Å². The topological polar surface area (TPSA) is 125 Å². The lowest BCUT2D eigenvalue weighted by Gasteiger charge is -2.49. The molecule has 36 heavy (non-hydrogen) atoms. The number of hydrogen-bond donors (Lipinski definition) is 1. The third-order valence-electron chi connectivity index (χ3n) is 6.42. The molecule has 1 spiro atoms. The van der Waals surface area contributed by atoms with Crippen molar-refractivity contribution in [1.29, 1.82) is 0 Å². The summed E-state index contributed by atoms with van der Waals surface area (Å²) in [7, 11) is 0. The second kappa shape index (κ2) is 8.74. The average molecular weight is 622 g/mol. The first-order valence-electron chi connectivity index (χ1n) is 10.9. The number of carbonyl (C=O) groups is 4. The highest BCUT2D eigenvalue weighted by molar-refractivity contribution is 9.10. The SMILES string of the molecule is CC(=O)OC1=CCC2C(Oc3c(ccc(OC(C)=O)c3Br)C23OC(=O)c2ccc(C(=O)O)cc23)C1Br. The first kappa shape index (κ1) is 24.5. The van der Waals surface area contributed by atoms with Gasteiger partial charge < -0.3 is 24.1 Å². The summed E-state index contributed by atoms with van der Waals surface area (Å²) in [5, 5.41) is 9.65. The zero-order valence-corrected chi connectivity index (χ0v) is 22.0. The second-order valence-electron chi connectivity index (χ2n) is 8.57. The van der Waals surface area contributed by atoms with Gasteiger partial charge in [-0.2, -0.15) is 0 Å². The van der Waals surface area contributed by atoms with Gasteiger partial charge in [0.1, 0.15) is 32.7 Å². The van der Waals surface area contributed by atoms with Crippen LogP contribution in [0.3, 0.4) is 0 Å². The summed E-state index contributed by atoms with van der Waals surface area (Å²) in [6.07, 6.45) is 1.31. The Morgan fingerprint density at radius 1 is 1.08 bits per heavy atom. The van der Waals surface area contributed by atoms with Crippen molar-refractivity contribution in [3.63, 3.8) is 0 Å². The van der Waals surface area contributed by atoms with Crippen LogP contribution in [0, 0.1) is 5.92 Å². The Bertz CT molecular complexity index is 1380. The molecule has 3 aliphatic rings. The van der Waals surface area contributed by atoms with Gasteiger partial charge in [0.05, 0.1) is 11.1 Å². The molecule has 2 aromatic rings. The van der Waals surface area contributed by atoms with E-state index in [1.807, 2.05) is 0 Å². The van der Waals surface area contributed by atoms with Crippen LogP contribution < -0.4 is 9.47 Å². The fourth-order valence-corrected chi connectivity index (χ4v) is 6.35. The molecule has 0 saturated carbocycles. The third-order valence-corrected chi connectivity index (χ3v) is 8.15. The molecular weight excluding hydrogens is 604 g/mol. The van der Waals surface area contributed by atoms with Gasteiger partial charge in [-0.3, -0.25) is 9.59 Å². The number of halogens is 2. The molecule has 0 saturated heterocycles. The van der Waals surface area contributed by atoms with Crippen molar-refractivity contribution in [1.82, 2.24) is 0 Å². The minimum atomic E-state index is -1.42. The van der Waals surface area contributed by atoms with Crippen molar-refractivity contribution in [2.24, 2.45) is 5.92 Å². The molecule has 186 valence electrons. The van der Waals surface area contributed by atoms with E-state index >= 15 is 0 Å². The normalized spacial score (nSPS) is 25.5. The summed E-state index contributed by atoms with van der Waals surface area (Å²) < 4.78 is 23.5. The van der Waals surface area contributed by atoms with E-state index in [1.165, 1.54) is 32.0 Å². The van der Waals surface area contributed by atoms with Gasteiger partial charge in [-0.05, 0) is 58.8 Å². The maximum Gasteiger partial charge on any atom is 0.339 e. The van der Waals surface area contributed by atoms with Crippen molar-refractivity contribution < 1.29 is 43.2 Å². The number of carbonyl (C=O) groups excluding carboxylic acids is 3. The summed E-state index contributed by atoms with van der Waals surface area (Å²) in [4.78, 5) is 47.6. The molecule has 0 aromatic heterocycles. The molecule has 11 heteroatoms. The molecule has 1 aliphatic carbocycles. The van der Waals surface area contributed by atoms with Gasteiger partial charge in [0.2, 0.25) is 0 Å². The summed E-state index contributed by atoms with van der Waals surface area (Å²) in [5.74, 6) is -2.53. The van der Waals surface area contributed by atoms with Gasteiger partial charge >= 0.3 is 23.9 Å². The number of alkyl halides is 1. The van der Waals surface area contributed by atoms with Crippen molar-refractivity contribution in [2.75, 3.05) is 0 Å². The number of aromatic carboxylic acids is 1. The van der Waals surface area contributed by atoms with Gasteiger partial charge in [0.25, 0.3) is 0 Å². The third kappa shape index (κ3) is 3.64. The summed E-state index contributed by atoms with van der Waals surface area (Å²) in [5.41, 5.74) is -0.326. The van der Waals surface area contributed by atoms with Crippen LogP contribution in [0.15, 0.2) is 46.6 Å². The fourth-order valence-electron chi connectivity index (χ4n) is 5.07. The average Bonchev–Trinajstić information content (AvgIpc) is 3.10. The Morgan fingerprint density at radius 3 is 2.47 bits per heavy atom. The zero-order chi connectivity index (χ0) is 25.9. The van der Waals surface area contributed by atoms with E-state index in [2.05, 4.69) is 31.9 Å². The Morgan fingerprint density at radius 2 is 1.81 bits per heavy atom. The largest absolute Gasteiger partial charge is 0.486 e. The van der Waals surface area contributed by atoms with Gasteiger partial charge in [-0.25, -0.2) is 9.59 Å². The Balaban J connectivity index is 1.78. The highest BCUT2D eigenvalue weighted by Gasteiger charge is 2.61. The van der Waals surface area contributed by atoms with Crippen molar-refractivity contribution in [3.8, 4) is 11.5 Å². The quantitative estimate of drug-likeness (QED) is 0.300. The lowest BCUT2D eigenvalue weighted by molar-refractivity contribution is -0.138. The molecule has 0 amide bonds. The van der Waals surface area contributed by atoms with E-state index in [0.717, 1.165) is 0 Å². The van der Waals surface area contributed by atoms with Crippen LogP contribution >= 0.6 is 31.9 Å². The lowest BCUT2D eigenvalue weighted by atomic mass is 9.67. The van der Waals surface area contributed by atoms with Crippen LogP contribution in [0.2, 0.25) is 0 Å². The van der Waals surface area contributed by atoms with Gasteiger partial charge in [-0.1, -0.05) is 15.9 Å². The van der Waals surface area contributed by atoms with E-state index in [9.17, 15) is 24.3 Å². The molecule has 2 heterocycles. The van der Waals surface area contributed by atoms with Gasteiger partial charge in [0.15, 0.2) is 5.60 Å². The summed E-state index contributed by atoms with van der Waals surface area (Å²) >= 11 is 7.04. The van der Waals surface area contributed by atoms with Crippen LogP contribution in [0.1, 0.15) is 52.1 Å². The van der Waals surface area contributed by atoms with Crippen molar-refractivity contribution in [3.05, 3.63) is 68.9 Å². The van der Waals surface area contributed by atoms with Crippen LogP contribution in [-0.2, 0) is 24.7 Å². The highest BCUT2D eigenvalue weighted by Crippen LogP contribution is 2.60. The number of allylic oxidation sites excluding steroid dienone is 1. The number of esters is 3. The smallest absolute Gasteiger partial charge is 0.339 e. The number of fused-ring (bicyclic) bond motifs is 6. The second-order valence-corrected chi connectivity index (χ2v) is 10.3. The predicted octanol–water partition coefficient (Wildman–Crippen LogP) is 4.48. The minimum Gasteiger partial charge on any atom is -0.486 e. The number of carboxylic acid groups (broad SMARTS) is 1. The number of benzene rings is 2. The summed E-state index contributed by atoms with van der Waals surface area (Å²) in [6, 6.07) is 7.43. The number of ether oxygens (including phenoxy) is 4. The molecule has 0 radical (unpaired) electrons. The summed E-state index contributed by atoms with van der Waals surface area (Å²) in [6.45, 7) is 2.55. The highest BCUT2D eigenvalue weighted by atomic mass is 79.9. The maximum atomic E-state index is 13.1. The Labute approximate surface area is 221 Å². The lowest BCUT2D eigenvalue weighted by Crippen LogP contribution is -2.54. The fraction of sp³-hybridized carbons (Fsp3) is 0.280. The zero-order valence-electron chi connectivity index (χ0n) is 18.9. The minimum absolute atomic E-state index is 0.00559. The number of rotatable bonds is 3. The van der Waals surface area contributed by atoms with E-state index in [-0.39, 0.29) is 22.6 Å². The molecule has 9 nitrogen and oxygen atoms in total. The van der Waals surface area contributed by atoms with Crippen molar-refractivity contribution in [2.45, 2.75) is 36.8 Å². The van der Waals surface area contributed by atoms with Gasteiger partial charge in [0, 0.05) is 30.9 Å². The van der Waals surface area contributed by atoms with E-state index in [4.69, 9.17) is 18.9 Å². The number of hydrogen-bond acceptors (Lipinski definition) is 8. The molecule has 0 fully saturated rings. The first-order valence-corrected chi connectivity index (χ1v) is 12.6. The monoisotopic (exact) mass is 620 g/mol. The molecule has 1 N–H and O–H groups in total. The Hall–Kier alpha value is -3.18. The molecule has 2 aromatic carbocycles. The molecule has 0 bridgehead atoms. The van der Waals surface area contributed by atoms with Crippen LogP contribution in [-0.4, -0.2) is 39.9 Å². The standard InChI is InChI=1S/C25H18Br2O9/c1-10(28)33-17-7-5-14-21(19(17)26)35-22-15(6-8-18(20(22)27)34-11(2)29)25(14)16-9-12(23(30)31)3-4-13(16)24(32)36-25/h3-5,7-9,15,20,22H,6H2,1-2H3,(H,30,31). The maximum absolute atomic E-state index is 13.1. The van der Waals surface area contributed by atoms with Crippen LogP contribution in [0.5, 0.6) is 11.5 Å². The van der Waals surface area contributed by atoms with Crippen LogP contribution in [0.4, 0.5) is 0 Å². The van der Waals surface area contributed by atoms with Gasteiger partial charge in [-0.15, -0.1) is 0 Å². The molecule has 4 unspecified atom stereocenters. The van der Waals surface area contributed by atoms with Crippen molar-refractivity contribution >= 4 is 55.7 Å². The molecular formula is C25H18Br2O9. The molecule has 4 atom stereocenters. The Kier molecular flexibility index (Phi) is 5.95. The first-order chi connectivity index (χ1) is 17.0.